The highest BCUT2D eigenvalue weighted by atomic mass is 32.2. The summed E-state index contributed by atoms with van der Waals surface area (Å²) in [5, 5.41) is 2.82. The van der Waals surface area contributed by atoms with Crippen LogP contribution in [0.3, 0.4) is 0 Å². The van der Waals surface area contributed by atoms with E-state index >= 15 is 0 Å². The lowest BCUT2D eigenvalue weighted by molar-refractivity contribution is -0.120. The van der Waals surface area contributed by atoms with Crippen LogP contribution in [0, 0.1) is 12.8 Å². The molecule has 1 amide bonds. The molecule has 0 aliphatic carbocycles. The monoisotopic (exact) mass is 406 g/mol. The molecule has 2 heterocycles. The number of nitrogens with one attached hydrogen (secondary N) is 1. The van der Waals surface area contributed by atoms with Gasteiger partial charge in [0.25, 0.3) is 10.0 Å². The minimum absolute atomic E-state index is 0.0372. The summed E-state index contributed by atoms with van der Waals surface area (Å²) < 4.78 is 27.3. The summed E-state index contributed by atoms with van der Waals surface area (Å²) >= 11 is 1.25. The van der Waals surface area contributed by atoms with Gasteiger partial charge in [-0.15, -0.1) is 11.3 Å². The number of benzene rings is 1. The van der Waals surface area contributed by atoms with E-state index in [1.165, 1.54) is 22.6 Å². The summed E-state index contributed by atoms with van der Waals surface area (Å²) in [6.45, 7) is 3.96. The molecule has 1 fully saturated rings. The van der Waals surface area contributed by atoms with Crippen molar-refractivity contribution in [3.63, 3.8) is 0 Å². The molecular weight excluding hydrogens is 384 g/mol. The fourth-order valence-corrected chi connectivity index (χ4v) is 6.05. The molecule has 0 spiro atoms. The highest BCUT2D eigenvalue weighted by Gasteiger charge is 2.34. The number of carbonyl (C=O) groups excluding carboxylic acids is 2. The SMILES string of the molecule is CC(=O)c1ccc(NC(=O)C2CCCN(S(=O)(=O)c3ccc(C)s3)C2)cc1. The highest BCUT2D eigenvalue weighted by molar-refractivity contribution is 7.91. The number of ketones is 1. The van der Waals surface area contributed by atoms with Crippen LogP contribution in [0.5, 0.6) is 0 Å². The van der Waals surface area contributed by atoms with Gasteiger partial charge in [-0.05, 0) is 63.1 Å². The Morgan fingerprint density at radius 3 is 2.44 bits per heavy atom. The number of hydrogen-bond donors (Lipinski definition) is 1. The summed E-state index contributed by atoms with van der Waals surface area (Å²) in [4.78, 5) is 24.9. The van der Waals surface area contributed by atoms with Gasteiger partial charge in [-0.2, -0.15) is 4.31 Å². The number of amides is 1. The lowest BCUT2D eigenvalue weighted by Crippen LogP contribution is -2.43. The number of aryl methyl sites for hydroxylation is 1. The molecule has 1 aliphatic heterocycles. The van der Waals surface area contributed by atoms with Crippen LogP contribution in [0.2, 0.25) is 0 Å². The second-order valence-corrected chi connectivity index (χ2v) is 10.1. The molecule has 2 aromatic rings. The zero-order chi connectivity index (χ0) is 19.6. The average Bonchev–Trinajstić information content (AvgIpc) is 3.09. The molecule has 6 nitrogen and oxygen atoms in total. The fourth-order valence-electron chi connectivity index (χ4n) is 3.09. The first-order valence-corrected chi connectivity index (χ1v) is 11.0. The molecule has 0 radical (unpaired) electrons. The van der Waals surface area contributed by atoms with Crippen LogP contribution in [0.25, 0.3) is 0 Å². The Balaban J connectivity index is 1.68. The summed E-state index contributed by atoms with van der Waals surface area (Å²) in [7, 11) is -3.56. The Morgan fingerprint density at radius 2 is 1.85 bits per heavy atom. The van der Waals surface area contributed by atoms with Gasteiger partial charge < -0.3 is 5.32 Å². The zero-order valence-electron chi connectivity index (χ0n) is 15.3. The van der Waals surface area contributed by atoms with E-state index in [4.69, 9.17) is 0 Å². The zero-order valence-corrected chi connectivity index (χ0v) is 16.9. The summed E-state index contributed by atoms with van der Waals surface area (Å²) in [6.07, 6.45) is 1.29. The van der Waals surface area contributed by atoms with Crippen molar-refractivity contribution in [1.82, 2.24) is 4.31 Å². The topological polar surface area (TPSA) is 83.6 Å². The third kappa shape index (κ3) is 4.45. The van der Waals surface area contributed by atoms with Crippen molar-refractivity contribution in [2.45, 2.75) is 30.9 Å². The van der Waals surface area contributed by atoms with Crippen molar-refractivity contribution < 1.29 is 18.0 Å². The van der Waals surface area contributed by atoms with Gasteiger partial charge in [-0.25, -0.2) is 8.42 Å². The molecule has 0 bridgehead atoms. The second kappa shape index (κ2) is 7.92. The molecule has 1 saturated heterocycles. The predicted octanol–water partition coefficient (Wildman–Crippen LogP) is 3.30. The van der Waals surface area contributed by atoms with Gasteiger partial charge in [0.1, 0.15) is 4.21 Å². The Labute approximate surface area is 163 Å². The van der Waals surface area contributed by atoms with Crippen LogP contribution in [-0.4, -0.2) is 37.5 Å². The lowest BCUT2D eigenvalue weighted by atomic mass is 9.98. The highest BCUT2D eigenvalue weighted by Crippen LogP contribution is 2.28. The molecule has 1 aromatic carbocycles. The van der Waals surface area contributed by atoms with Gasteiger partial charge in [-0.3, -0.25) is 9.59 Å². The van der Waals surface area contributed by atoms with Gasteiger partial charge >= 0.3 is 0 Å². The Hall–Kier alpha value is -2.03. The number of anilines is 1. The van der Waals surface area contributed by atoms with Gasteiger partial charge in [-0.1, -0.05) is 0 Å². The van der Waals surface area contributed by atoms with Crippen molar-refractivity contribution in [3.05, 3.63) is 46.8 Å². The van der Waals surface area contributed by atoms with E-state index < -0.39 is 15.9 Å². The lowest BCUT2D eigenvalue weighted by Gasteiger charge is -2.30. The molecule has 1 aliphatic rings. The first-order chi connectivity index (χ1) is 12.8. The summed E-state index contributed by atoms with van der Waals surface area (Å²) in [5.41, 5.74) is 1.17. The number of nitrogens with zero attached hydrogens (tertiary/aromatic N) is 1. The predicted molar refractivity (Wildman–Crippen MR) is 106 cm³/mol. The van der Waals surface area contributed by atoms with E-state index in [1.54, 1.807) is 36.4 Å². The van der Waals surface area contributed by atoms with Crippen molar-refractivity contribution in [2.24, 2.45) is 5.92 Å². The van der Waals surface area contributed by atoms with Crippen molar-refractivity contribution >= 4 is 38.7 Å². The fraction of sp³-hybridized carbons (Fsp3) is 0.368. The maximum absolute atomic E-state index is 12.8. The quantitative estimate of drug-likeness (QED) is 0.772. The minimum Gasteiger partial charge on any atom is -0.326 e. The van der Waals surface area contributed by atoms with Gasteiger partial charge in [0.2, 0.25) is 5.91 Å². The number of Topliss-reactive ketones (excluding diaryl/α,β-unsaturated/α-hetero) is 1. The number of piperidine rings is 1. The van der Waals surface area contributed by atoms with Crippen LogP contribution in [0.4, 0.5) is 5.69 Å². The average molecular weight is 407 g/mol. The van der Waals surface area contributed by atoms with E-state index in [0.717, 1.165) is 4.88 Å². The molecule has 8 heteroatoms. The van der Waals surface area contributed by atoms with E-state index in [9.17, 15) is 18.0 Å². The second-order valence-electron chi connectivity index (χ2n) is 6.69. The van der Waals surface area contributed by atoms with Crippen LogP contribution < -0.4 is 5.32 Å². The Bertz CT molecular complexity index is 948. The normalized spacial score (nSPS) is 18.2. The van der Waals surface area contributed by atoms with Crippen LogP contribution in [0.15, 0.2) is 40.6 Å². The van der Waals surface area contributed by atoms with E-state index in [1.807, 2.05) is 6.92 Å². The molecule has 3 rings (SSSR count). The molecular formula is C19H22N2O4S2. The third-order valence-electron chi connectivity index (χ3n) is 4.62. The standard InChI is InChI=1S/C19H22N2O4S2/c1-13-5-10-18(26-13)27(24,25)21-11-3-4-16(12-21)19(23)20-17-8-6-15(7-9-17)14(2)22/h5-10,16H,3-4,11-12H2,1-2H3,(H,20,23). The maximum atomic E-state index is 12.8. The van der Waals surface area contributed by atoms with Gasteiger partial charge in [0.15, 0.2) is 5.78 Å². The molecule has 1 atom stereocenters. The first kappa shape index (κ1) is 19.7. The Kier molecular flexibility index (Phi) is 5.78. The van der Waals surface area contributed by atoms with Crippen LogP contribution in [0.1, 0.15) is 35.0 Å². The van der Waals surface area contributed by atoms with Crippen molar-refractivity contribution in [3.8, 4) is 0 Å². The largest absolute Gasteiger partial charge is 0.326 e. The number of sulfonamides is 1. The smallest absolute Gasteiger partial charge is 0.252 e. The number of carbonyl (C=O) groups is 2. The van der Waals surface area contributed by atoms with Crippen molar-refractivity contribution in [2.75, 3.05) is 18.4 Å². The number of hydrogen-bond acceptors (Lipinski definition) is 5. The molecule has 1 N–H and O–H groups in total. The third-order valence-corrected chi connectivity index (χ3v) is 7.96. The molecule has 144 valence electrons. The van der Waals surface area contributed by atoms with Crippen LogP contribution >= 0.6 is 11.3 Å². The van der Waals surface area contributed by atoms with Gasteiger partial charge in [0.05, 0.1) is 5.92 Å². The van der Waals surface area contributed by atoms with E-state index in [-0.39, 0.29) is 18.2 Å². The van der Waals surface area contributed by atoms with Crippen molar-refractivity contribution in [1.29, 1.82) is 0 Å². The number of thiophene rings is 1. The van der Waals surface area contributed by atoms with Gasteiger partial charge in [0, 0.05) is 29.2 Å². The molecule has 27 heavy (non-hydrogen) atoms. The number of rotatable bonds is 5. The minimum atomic E-state index is -3.56. The van der Waals surface area contributed by atoms with E-state index in [0.29, 0.717) is 34.8 Å². The molecule has 1 aromatic heterocycles. The van der Waals surface area contributed by atoms with Crippen LogP contribution in [-0.2, 0) is 14.8 Å². The summed E-state index contributed by atoms with van der Waals surface area (Å²) in [5.74, 6) is -0.639. The molecule has 0 saturated carbocycles. The first-order valence-electron chi connectivity index (χ1n) is 8.76. The maximum Gasteiger partial charge on any atom is 0.252 e. The van der Waals surface area contributed by atoms with E-state index in [2.05, 4.69) is 5.32 Å². The molecule has 1 unspecified atom stereocenters. The Morgan fingerprint density at radius 1 is 1.15 bits per heavy atom. The summed E-state index contributed by atoms with van der Waals surface area (Å²) in [6, 6.07) is 10.1.